The Labute approximate surface area is 202 Å². The summed E-state index contributed by atoms with van der Waals surface area (Å²) in [7, 11) is 0. The standard InChI is InChI=1S/C28H36ClNO3/c1-17-6-10-24(11-7-17)33-26-13-9-20-14-19(8-12-25(20)27(26)29)18(2)30-22-4-3-5-23(30)16-21(15-22)28(31)32/h8-9,12-14,17-18,21-24H,3-7,10-11,15-16H2,1-2H3,(H,31,32)/t17?,18-,21?,22?,23?,24?/m0/s1. The number of rotatable bonds is 5. The van der Waals surface area contributed by atoms with Gasteiger partial charge in [-0.05, 0) is 87.3 Å². The van der Waals surface area contributed by atoms with Crippen LogP contribution in [-0.2, 0) is 4.79 Å². The fourth-order valence-electron chi connectivity index (χ4n) is 6.59. The van der Waals surface area contributed by atoms with Gasteiger partial charge in [0.1, 0.15) is 5.75 Å². The van der Waals surface area contributed by atoms with Crippen LogP contribution in [-0.4, -0.2) is 34.2 Å². The molecule has 0 radical (unpaired) electrons. The van der Waals surface area contributed by atoms with Crippen molar-refractivity contribution in [3.05, 3.63) is 40.9 Å². The Hall–Kier alpha value is -1.78. The van der Waals surface area contributed by atoms with Gasteiger partial charge in [0.25, 0.3) is 0 Å². The van der Waals surface area contributed by atoms with E-state index < -0.39 is 5.97 Å². The van der Waals surface area contributed by atoms with E-state index in [1.54, 1.807) is 0 Å². The molecule has 1 aliphatic carbocycles. The number of ether oxygens (including phenoxy) is 1. The van der Waals surface area contributed by atoms with Gasteiger partial charge in [-0.2, -0.15) is 0 Å². The lowest BCUT2D eigenvalue weighted by Crippen LogP contribution is -2.53. The number of benzene rings is 2. The monoisotopic (exact) mass is 469 g/mol. The normalized spacial score (nSPS) is 31.3. The molecule has 2 aliphatic heterocycles. The lowest BCUT2D eigenvalue weighted by molar-refractivity contribution is -0.147. The van der Waals surface area contributed by atoms with Crippen LogP contribution >= 0.6 is 11.6 Å². The number of carboxylic acids is 1. The Morgan fingerprint density at radius 2 is 1.76 bits per heavy atom. The molecule has 2 saturated heterocycles. The van der Waals surface area contributed by atoms with Crippen molar-refractivity contribution >= 4 is 28.3 Å². The van der Waals surface area contributed by atoms with Crippen LogP contribution in [0.25, 0.3) is 10.8 Å². The van der Waals surface area contributed by atoms with Crippen molar-refractivity contribution in [3.8, 4) is 5.75 Å². The third-order valence-electron chi connectivity index (χ3n) is 8.51. The number of piperidine rings is 2. The maximum Gasteiger partial charge on any atom is 0.306 e. The molecule has 2 aromatic carbocycles. The van der Waals surface area contributed by atoms with Gasteiger partial charge in [0.2, 0.25) is 0 Å². The van der Waals surface area contributed by atoms with Crippen molar-refractivity contribution in [1.29, 1.82) is 0 Å². The summed E-state index contributed by atoms with van der Waals surface area (Å²) in [6, 6.07) is 11.8. The van der Waals surface area contributed by atoms with E-state index in [1.807, 2.05) is 6.07 Å². The number of aliphatic carboxylic acids is 1. The third-order valence-corrected chi connectivity index (χ3v) is 8.90. The third kappa shape index (κ3) is 4.61. The van der Waals surface area contributed by atoms with Gasteiger partial charge >= 0.3 is 5.97 Å². The lowest BCUT2D eigenvalue weighted by Gasteiger charge is -2.51. The van der Waals surface area contributed by atoms with Gasteiger partial charge in [-0.3, -0.25) is 9.69 Å². The molecule has 1 saturated carbocycles. The van der Waals surface area contributed by atoms with E-state index in [0.717, 1.165) is 61.0 Å². The molecule has 2 unspecified atom stereocenters. The molecule has 5 rings (SSSR count). The summed E-state index contributed by atoms with van der Waals surface area (Å²) in [6.45, 7) is 4.59. The van der Waals surface area contributed by atoms with Gasteiger partial charge in [-0.15, -0.1) is 0 Å². The van der Waals surface area contributed by atoms with Crippen molar-refractivity contribution in [2.75, 3.05) is 0 Å². The SMILES string of the molecule is CC1CCC(Oc2ccc3cc([C@H](C)N4C5CCCC4CC(C(=O)O)C5)ccc3c2Cl)CC1. The minimum atomic E-state index is -0.625. The molecule has 3 aliphatic rings. The first-order valence-corrected chi connectivity index (χ1v) is 13.2. The van der Waals surface area contributed by atoms with Crippen molar-refractivity contribution < 1.29 is 14.6 Å². The van der Waals surface area contributed by atoms with Gasteiger partial charge < -0.3 is 9.84 Å². The summed E-state index contributed by atoms with van der Waals surface area (Å²) in [6.07, 6.45) is 9.89. The topological polar surface area (TPSA) is 49.8 Å². The molecular formula is C28H36ClNO3. The molecule has 33 heavy (non-hydrogen) atoms. The Bertz CT molecular complexity index is 1000. The van der Waals surface area contributed by atoms with Crippen LogP contribution in [0.5, 0.6) is 5.75 Å². The van der Waals surface area contributed by atoms with Crippen molar-refractivity contribution in [1.82, 2.24) is 4.90 Å². The lowest BCUT2D eigenvalue weighted by atomic mass is 9.77. The molecule has 0 amide bonds. The Kier molecular flexibility index (Phi) is 6.59. The molecule has 4 nitrogen and oxygen atoms in total. The van der Waals surface area contributed by atoms with E-state index in [1.165, 1.54) is 24.8 Å². The van der Waals surface area contributed by atoms with Crippen molar-refractivity contribution in [2.24, 2.45) is 11.8 Å². The second-order valence-corrected chi connectivity index (χ2v) is 11.1. The first-order valence-electron chi connectivity index (χ1n) is 12.8. The highest BCUT2D eigenvalue weighted by molar-refractivity contribution is 6.37. The maximum atomic E-state index is 11.6. The minimum Gasteiger partial charge on any atom is -0.489 e. The maximum absolute atomic E-state index is 11.6. The second kappa shape index (κ2) is 9.46. The molecule has 0 aromatic heterocycles. The Balaban J connectivity index is 1.35. The molecule has 2 bridgehead atoms. The summed E-state index contributed by atoms with van der Waals surface area (Å²) in [5.74, 6) is 0.784. The number of fused-ring (bicyclic) bond motifs is 3. The summed E-state index contributed by atoms with van der Waals surface area (Å²) in [5, 5.41) is 12.5. The number of carbonyl (C=O) groups is 1. The first-order chi connectivity index (χ1) is 15.9. The zero-order valence-electron chi connectivity index (χ0n) is 19.8. The highest BCUT2D eigenvalue weighted by Crippen LogP contribution is 2.43. The molecule has 2 heterocycles. The number of hydrogen-bond acceptors (Lipinski definition) is 3. The number of halogens is 1. The largest absolute Gasteiger partial charge is 0.489 e. The average molecular weight is 470 g/mol. The highest BCUT2D eigenvalue weighted by Gasteiger charge is 2.42. The molecule has 1 N–H and O–H groups in total. The molecule has 2 aromatic rings. The van der Waals surface area contributed by atoms with Crippen LogP contribution in [0.15, 0.2) is 30.3 Å². The number of carboxylic acid groups (broad SMARTS) is 1. The van der Waals surface area contributed by atoms with E-state index in [-0.39, 0.29) is 18.1 Å². The van der Waals surface area contributed by atoms with E-state index >= 15 is 0 Å². The smallest absolute Gasteiger partial charge is 0.306 e. The van der Waals surface area contributed by atoms with Crippen LogP contribution in [0.4, 0.5) is 0 Å². The molecule has 3 atom stereocenters. The van der Waals surface area contributed by atoms with Crippen LogP contribution in [0.2, 0.25) is 5.02 Å². The zero-order chi connectivity index (χ0) is 23.1. The number of nitrogens with zero attached hydrogens (tertiary/aromatic N) is 1. The number of hydrogen-bond donors (Lipinski definition) is 1. The van der Waals surface area contributed by atoms with Crippen molar-refractivity contribution in [3.63, 3.8) is 0 Å². The van der Waals surface area contributed by atoms with Crippen LogP contribution < -0.4 is 4.74 Å². The van der Waals surface area contributed by atoms with Gasteiger partial charge in [0.05, 0.1) is 17.0 Å². The first kappa shape index (κ1) is 23.0. The highest BCUT2D eigenvalue weighted by atomic mass is 35.5. The van der Waals surface area contributed by atoms with Crippen LogP contribution in [0.3, 0.4) is 0 Å². The van der Waals surface area contributed by atoms with Crippen LogP contribution in [0, 0.1) is 11.8 Å². The quantitative estimate of drug-likeness (QED) is 0.501. The van der Waals surface area contributed by atoms with E-state index in [0.29, 0.717) is 17.1 Å². The van der Waals surface area contributed by atoms with E-state index in [9.17, 15) is 9.90 Å². The Morgan fingerprint density at radius 3 is 2.42 bits per heavy atom. The van der Waals surface area contributed by atoms with E-state index in [2.05, 4.69) is 43.0 Å². The van der Waals surface area contributed by atoms with Gasteiger partial charge in [0.15, 0.2) is 0 Å². The van der Waals surface area contributed by atoms with Crippen molar-refractivity contribution in [2.45, 2.75) is 95.9 Å². The molecular weight excluding hydrogens is 434 g/mol. The molecule has 0 spiro atoms. The molecule has 5 heteroatoms. The predicted molar refractivity (Wildman–Crippen MR) is 133 cm³/mol. The summed E-state index contributed by atoms with van der Waals surface area (Å²) < 4.78 is 6.31. The average Bonchev–Trinajstić information content (AvgIpc) is 2.80. The van der Waals surface area contributed by atoms with E-state index in [4.69, 9.17) is 16.3 Å². The fourth-order valence-corrected chi connectivity index (χ4v) is 6.87. The summed E-state index contributed by atoms with van der Waals surface area (Å²) >= 11 is 6.80. The predicted octanol–water partition coefficient (Wildman–Crippen LogP) is 7.23. The summed E-state index contributed by atoms with van der Waals surface area (Å²) in [4.78, 5) is 14.2. The van der Waals surface area contributed by atoms with Gasteiger partial charge in [-0.1, -0.05) is 43.1 Å². The van der Waals surface area contributed by atoms with Gasteiger partial charge in [0, 0.05) is 23.5 Å². The minimum absolute atomic E-state index is 0.190. The molecule has 178 valence electrons. The van der Waals surface area contributed by atoms with Gasteiger partial charge in [-0.25, -0.2) is 0 Å². The fraction of sp³-hybridized carbons (Fsp3) is 0.607. The molecule has 3 fully saturated rings. The summed E-state index contributed by atoms with van der Waals surface area (Å²) in [5.41, 5.74) is 1.28. The second-order valence-electron chi connectivity index (χ2n) is 10.7. The Morgan fingerprint density at radius 1 is 1.06 bits per heavy atom. The zero-order valence-corrected chi connectivity index (χ0v) is 20.6. The van der Waals surface area contributed by atoms with Crippen LogP contribution in [0.1, 0.15) is 83.2 Å².